The maximum Gasteiger partial charge on any atom is 0.256 e. The Kier molecular flexibility index (Phi) is 4.86. The van der Waals surface area contributed by atoms with Crippen LogP contribution in [0.15, 0.2) is 4.79 Å². The van der Waals surface area contributed by atoms with E-state index in [0.29, 0.717) is 35.3 Å². The highest BCUT2D eigenvalue weighted by atomic mass is 32.2. The third-order valence-corrected chi connectivity index (χ3v) is 3.52. The predicted octanol–water partition coefficient (Wildman–Crippen LogP) is 1.80. The standard InChI is InChI=1S/C11H19N3OS/c1-4-8-10(12)13-9(14-11(8)15)6-16-5-7(2)3/h7H,4-6H2,1-3H3,(H3,12,13,14,15). The fourth-order valence-electron chi connectivity index (χ4n) is 1.36. The van der Waals surface area contributed by atoms with E-state index in [1.165, 1.54) is 0 Å². The highest BCUT2D eigenvalue weighted by Gasteiger charge is 2.07. The average molecular weight is 241 g/mol. The maximum atomic E-state index is 11.6. The van der Waals surface area contributed by atoms with Gasteiger partial charge in [0.25, 0.3) is 5.56 Å². The van der Waals surface area contributed by atoms with Gasteiger partial charge in [-0.2, -0.15) is 11.8 Å². The van der Waals surface area contributed by atoms with Crippen molar-refractivity contribution in [2.75, 3.05) is 11.5 Å². The molecular formula is C11H19N3OS. The van der Waals surface area contributed by atoms with E-state index in [1.807, 2.05) is 6.92 Å². The van der Waals surface area contributed by atoms with E-state index < -0.39 is 0 Å². The average Bonchev–Trinajstić information content (AvgIpc) is 2.16. The second-order valence-electron chi connectivity index (χ2n) is 4.14. The maximum absolute atomic E-state index is 11.6. The van der Waals surface area contributed by atoms with Crippen LogP contribution in [-0.2, 0) is 12.2 Å². The summed E-state index contributed by atoms with van der Waals surface area (Å²) in [6, 6.07) is 0. The van der Waals surface area contributed by atoms with E-state index >= 15 is 0 Å². The molecular weight excluding hydrogens is 222 g/mol. The number of nitrogens with two attached hydrogens (primary N) is 1. The number of anilines is 1. The summed E-state index contributed by atoms with van der Waals surface area (Å²) < 4.78 is 0. The Morgan fingerprint density at radius 1 is 1.50 bits per heavy atom. The van der Waals surface area contributed by atoms with Crippen molar-refractivity contribution in [2.45, 2.75) is 32.9 Å². The molecule has 0 aromatic carbocycles. The molecule has 0 spiro atoms. The molecule has 0 fully saturated rings. The van der Waals surface area contributed by atoms with Crippen molar-refractivity contribution in [3.63, 3.8) is 0 Å². The lowest BCUT2D eigenvalue weighted by molar-refractivity contribution is 0.749. The molecule has 1 aromatic heterocycles. The molecule has 0 saturated carbocycles. The number of nitrogen functional groups attached to an aromatic ring is 1. The number of aromatic nitrogens is 2. The Balaban J connectivity index is 2.72. The van der Waals surface area contributed by atoms with Gasteiger partial charge in [-0.05, 0) is 18.1 Å². The van der Waals surface area contributed by atoms with E-state index in [4.69, 9.17) is 5.73 Å². The first-order valence-electron chi connectivity index (χ1n) is 5.49. The largest absolute Gasteiger partial charge is 0.383 e. The van der Waals surface area contributed by atoms with Crippen molar-refractivity contribution in [1.82, 2.24) is 9.97 Å². The van der Waals surface area contributed by atoms with Crippen LogP contribution in [0.5, 0.6) is 0 Å². The number of nitrogens with zero attached hydrogens (tertiary/aromatic N) is 1. The quantitative estimate of drug-likeness (QED) is 0.824. The van der Waals surface area contributed by atoms with Gasteiger partial charge in [0.1, 0.15) is 11.6 Å². The Morgan fingerprint density at radius 2 is 2.19 bits per heavy atom. The van der Waals surface area contributed by atoms with Crippen LogP contribution in [0.3, 0.4) is 0 Å². The van der Waals surface area contributed by atoms with E-state index in [1.54, 1.807) is 11.8 Å². The van der Waals surface area contributed by atoms with E-state index in [-0.39, 0.29) is 5.56 Å². The zero-order valence-electron chi connectivity index (χ0n) is 10.0. The second kappa shape index (κ2) is 5.94. The lowest BCUT2D eigenvalue weighted by Gasteiger charge is -2.06. The topological polar surface area (TPSA) is 71.8 Å². The molecule has 0 amide bonds. The first-order chi connectivity index (χ1) is 7.54. The third-order valence-electron chi connectivity index (χ3n) is 2.14. The summed E-state index contributed by atoms with van der Waals surface area (Å²) in [5.41, 5.74) is 6.20. The Hall–Kier alpha value is -0.970. The van der Waals surface area contributed by atoms with Crippen molar-refractivity contribution in [3.8, 4) is 0 Å². The fraction of sp³-hybridized carbons (Fsp3) is 0.636. The molecule has 1 heterocycles. The molecule has 0 aliphatic heterocycles. The molecule has 0 aliphatic carbocycles. The van der Waals surface area contributed by atoms with Crippen LogP contribution in [-0.4, -0.2) is 15.7 Å². The van der Waals surface area contributed by atoms with Crippen molar-refractivity contribution in [1.29, 1.82) is 0 Å². The number of nitrogens with one attached hydrogen (secondary N) is 1. The van der Waals surface area contributed by atoms with Crippen molar-refractivity contribution in [3.05, 3.63) is 21.7 Å². The monoisotopic (exact) mass is 241 g/mol. The van der Waals surface area contributed by atoms with E-state index in [9.17, 15) is 4.79 Å². The molecule has 0 unspecified atom stereocenters. The first-order valence-corrected chi connectivity index (χ1v) is 6.65. The number of aromatic amines is 1. The summed E-state index contributed by atoms with van der Waals surface area (Å²) in [6.45, 7) is 6.23. The van der Waals surface area contributed by atoms with Crippen LogP contribution in [0.25, 0.3) is 0 Å². The fourth-order valence-corrected chi connectivity index (χ4v) is 2.28. The van der Waals surface area contributed by atoms with Gasteiger partial charge in [0.15, 0.2) is 0 Å². The van der Waals surface area contributed by atoms with Crippen LogP contribution < -0.4 is 11.3 Å². The van der Waals surface area contributed by atoms with Gasteiger partial charge < -0.3 is 10.7 Å². The molecule has 0 saturated heterocycles. The van der Waals surface area contributed by atoms with Crippen molar-refractivity contribution < 1.29 is 0 Å². The zero-order chi connectivity index (χ0) is 12.1. The predicted molar refractivity (Wildman–Crippen MR) is 69.6 cm³/mol. The normalized spacial score (nSPS) is 11.0. The molecule has 1 aromatic rings. The van der Waals surface area contributed by atoms with Gasteiger partial charge in [0.2, 0.25) is 0 Å². The summed E-state index contributed by atoms with van der Waals surface area (Å²) in [4.78, 5) is 18.6. The Bertz CT molecular complexity index is 401. The molecule has 0 aliphatic rings. The molecule has 3 N–H and O–H groups in total. The summed E-state index contributed by atoms with van der Waals surface area (Å²) in [7, 11) is 0. The first kappa shape index (κ1) is 13.1. The van der Waals surface area contributed by atoms with E-state index in [2.05, 4.69) is 23.8 Å². The molecule has 90 valence electrons. The minimum absolute atomic E-state index is 0.102. The lowest BCUT2D eigenvalue weighted by atomic mass is 10.2. The van der Waals surface area contributed by atoms with Crippen LogP contribution in [0.1, 0.15) is 32.2 Å². The SMILES string of the molecule is CCc1c(N)nc(CSCC(C)C)[nH]c1=O. The molecule has 16 heavy (non-hydrogen) atoms. The van der Waals surface area contributed by atoms with Crippen molar-refractivity contribution in [2.24, 2.45) is 5.92 Å². The van der Waals surface area contributed by atoms with Gasteiger partial charge in [-0.1, -0.05) is 20.8 Å². The smallest absolute Gasteiger partial charge is 0.256 e. The lowest BCUT2D eigenvalue weighted by Crippen LogP contribution is -2.19. The number of rotatable bonds is 5. The van der Waals surface area contributed by atoms with Gasteiger partial charge in [-0.3, -0.25) is 4.79 Å². The van der Waals surface area contributed by atoms with E-state index in [0.717, 1.165) is 5.75 Å². The van der Waals surface area contributed by atoms with Gasteiger partial charge in [0, 0.05) is 0 Å². The molecule has 1 rings (SSSR count). The minimum Gasteiger partial charge on any atom is -0.383 e. The minimum atomic E-state index is -0.102. The van der Waals surface area contributed by atoms with Crippen LogP contribution in [0.2, 0.25) is 0 Å². The summed E-state index contributed by atoms with van der Waals surface area (Å²) in [5.74, 6) is 3.45. The van der Waals surface area contributed by atoms with Gasteiger partial charge in [0.05, 0.1) is 11.3 Å². The molecule has 0 radical (unpaired) electrons. The highest BCUT2D eigenvalue weighted by molar-refractivity contribution is 7.98. The number of hydrogen-bond acceptors (Lipinski definition) is 4. The summed E-state index contributed by atoms with van der Waals surface area (Å²) >= 11 is 1.76. The molecule has 0 bridgehead atoms. The van der Waals surface area contributed by atoms with Crippen LogP contribution in [0.4, 0.5) is 5.82 Å². The summed E-state index contributed by atoms with van der Waals surface area (Å²) in [6.07, 6.45) is 0.619. The number of thioether (sulfide) groups is 1. The van der Waals surface area contributed by atoms with Gasteiger partial charge >= 0.3 is 0 Å². The zero-order valence-corrected chi connectivity index (χ0v) is 10.9. The number of hydrogen-bond donors (Lipinski definition) is 2. The molecule has 0 atom stereocenters. The Labute approximate surface area is 100 Å². The third kappa shape index (κ3) is 3.56. The molecule has 4 nitrogen and oxygen atoms in total. The Morgan fingerprint density at radius 3 is 2.69 bits per heavy atom. The summed E-state index contributed by atoms with van der Waals surface area (Å²) in [5, 5.41) is 0. The second-order valence-corrected chi connectivity index (χ2v) is 5.17. The van der Waals surface area contributed by atoms with Crippen LogP contribution >= 0.6 is 11.8 Å². The molecule has 5 heteroatoms. The van der Waals surface area contributed by atoms with Crippen molar-refractivity contribution >= 4 is 17.6 Å². The van der Waals surface area contributed by atoms with Gasteiger partial charge in [-0.25, -0.2) is 4.98 Å². The van der Waals surface area contributed by atoms with Crippen LogP contribution in [0, 0.1) is 5.92 Å². The highest BCUT2D eigenvalue weighted by Crippen LogP contribution is 2.13. The number of H-pyrrole nitrogens is 1. The van der Waals surface area contributed by atoms with Gasteiger partial charge in [-0.15, -0.1) is 0 Å².